The van der Waals surface area contributed by atoms with Gasteiger partial charge in [0.15, 0.2) is 11.5 Å². The van der Waals surface area contributed by atoms with E-state index in [1.807, 2.05) is 0 Å². The van der Waals surface area contributed by atoms with Gasteiger partial charge in [0.2, 0.25) is 10.9 Å². The van der Waals surface area contributed by atoms with E-state index in [4.69, 9.17) is 14.2 Å². The third-order valence-electron chi connectivity index (χ3n) is 3.58. The highest BCUT2D eigenvalue weighted by Crippen LogP contribution is 2.38. The number of methoxy groups -OCH3 is 3. The molecule has 9 heteroatoms. The zero-order valence-electron chi connectivity index (χ0n) is 14.3. The normalized spacial score (nSPS) is 10.5. The van der Waals surface area contributed by atoms with Crippen molar-refractivity contribution in [3.63, 3.8) is 0 Å². The third kappa shape index (κ3) is 3.33. The van der Waals surface area contributed by atoms with Gasteiger partial charge in [0.05, 0.1) is 26.0 Å². The number of aromatic nitrogens is 1. The maximum atomic E-state index is 13.7. The number of thiazole rings is 1. The highest BCUT2D eigenvalue weighted by atomic mass is 32.1. The average molecular weight is 377 g/mol. The number of nitrogens with one attached hydrogen (secondary N) is 2. The summed E-state index contributed by atoms with van der Waals surface area (Å²) in [5.41, 5.74) is 5.75. The summed E-state index contributed by atoms with van der Waals surface area (Å²) >= 11 is 1.22. The van der Waals surface area contributed by atoms with Crippen molar-refractivity contribution >= 4 is 32.6 Å². The van der Waals surface area contributed by atoms with Crippen molar-refractivity contribution < 1.29 is 23.4 Å². The molecule has 3 aromatic rings. The van der Waals surface area contributed by atoms with Crippen LogP contribution in [0.4, 0.5) is 9.52 Å². The fourth-order valence-corrected chi connectivity index (χ4v) is 3.20. The molecule has 0 radical (unpaired) electrons. The molecular weight excluding hydrogens is 361 g/mol. The first kappa shape index (κ1) is 17.7. The van der Waals surface area contributed by atoms with Crippen LogP contribution in [0.25, 0.3) is 10.2 Å². The smallest absolute Gasteiger partial charge is 0.269 e. The number of rotatable bonds is 6. The Hall–Kier alpha value is -3.07. The van der Waals surface area contributed by atoms with Crippen LogP contribution in [0, 0.1) is 5.82 Å². The lowest BCUT2D eigenvalue weighted by atomic mass is 10.1. The Morgan fingerprint density at radius 1 is 1.12 bits per heavy atom. The molecule has 1 aromatic heterocycles. The highest BCUT2D eigenvalue weighted by Gasteiger charge is 2.17. The number of amides is 1. The van der Waals surface area contributed by atoms with Crippen LogP contribution in [0.3, 0.4) is 0 Å². The molecule has 0 aliphatic rings. The van der Waals surface area contributed by atoms with E-state index in [0.717, 1.165) is 0 Å². The van der Waals surface area contributed by atoms with Crippen molar-refractivity contribution in [3.8, 4) is 17.2 Å². The lowest BCUT2D eigenvalue weighted by molar-refractivity contribution is 0.0962. The number of hydrogen-bond acceptors (Lipinski definition) is 7. The highest BCUT2D eigenvalue weighted by molar-refractivity contribution is 7.22. The van der Waals surface area contributed by atoms with Gasteiger partial charge in [-0.1, -0.05) is 17.4 Å². The Morgan fingerprint density at radius 3 is 2.38 bits per heavy atom. The van der Waals surface area contributed by atoms with Crippen molar-refractivity contribution in [1.29, 1.82) is 0 Å². The second-order valence-corrected chi connectivity index (χ2v) is 6.13. The molecule has 1 amide bonds. The largest absolute Gasteiger partial charge is 0.493 e. The summed E-state index contributed by atoms with van der Waals surface area (Å²) < 4.78 is 30.0. The van der Waals surface area contributed by atoms with Gasteiger partial charge in [-0.05, 0) is 24.3 Å². The number of anilines is 1. The SMILES string of the molecule is COc1cc(C(=O)NNc2nc3c(F)cccc3s2)cc(OC)c1OC. The molecule has 0 aliphatic carbocycles. The van der Waals surface area contributed by atoms with Gasteiger partial charge in [-0.3, -0.25) is 15.6 Å². The molecule has 0 spiro atoms. The fourth-order valence-electron chi connectivity index (χ4n) is 2.36. The minimum atomic E-state index is -0.441. The molecule has 0 saturated heterocycles. The van der Waals surface area contributed by atoms with Gasteiger partial charge in [0, 0.05) is 5.56 Å². The molecule has 0 bridgehead atoms. The van der Waals surface area contributed by atoms with E-state index in [0.29, 0.717) is 32.6 Å². The Kier molecular flexibility index (Phi) is 5.08. The number of carbonyl (C=O) groups excluding carboxylic acids is 1. The second kappa shape index (κ2) is 7.44. The van der Waals surface area contributed by atoms with Crippen LogP contribution in [-0.4, -0.2) is 32.2 Å². The van der Waals surface area contributed by atoms with Gasteiger partial charge in [0.1, 0.15) is 11.3 Å². The summed E-state index contributed by atoms with van der Waals surface area (Å²) in [4.78, 5) is 16.5. The van der Waals surface area contributed by atoms with E-state index >= 15 is 0 Å². The number of benzene rings is 2. The molecule has 7 nitrogen and oxygen atoms in total. The van der Waals surface area contributed by atoms with Crippen molar-refractivity contribution in [1.82, 2.24) is 10.4 Å². The summed E-state index contributed by atoms with van der Waals surface area (Å²) in [6, 6.07) is 7.74. The average Bonchev–Trinajstić information content (AvgIpc) is 3.09. The second-order valence-electron chi connectivity index (χ2n) is 5.10. The summed E-state index contributed by atoms with van der Waals surface area (Å²) in [5, 5.41) is 0.367. The zero-order valence-corrected chi connectivity index (χ0v) is 15.1. The van der Waals surface area contributed by atoms with E-state index in [1.54, 1.807) is 12.1 Å². The summed E-state index contributed by atoms with van der Waals surface area (Å²) in [5.74, 6) is 0.256. The van der Waals surface area contributed by atoms with Gasteiger partial charge < -0.3 is 14.2 Å². The number of carbonyl (C=O) groups is 1. The Bertz CT molecular complexity index is 935. The van der Waals surface area contributed by atoms with Crippen molar-refractivity contribution in [2.24, 2.45) is 0 Å². The third-order valence-corrected chi connectivity index (χ3v) is 4.52. The van der Waals surface area contributed by atoms with E-state index in [-0.39, 0.29) is 5.52 Å². The Labute approximate surface area is 152 Å². The first-order chi connectivity index (χ1) is 12.6. The molecule has 0 atom stereocenters. The number of halogens is 1. The van der Waals surface area contributed by atoms with Crippen LogP contribution in [0.15, 0.2) is 30.3 Å². The van der Waals surface area contributed by atoms with Gasteiger partial charge in [-0.2, -0.15) is 0 Å². The molecule has 0 unspecified atom stereocenters. The molecule has 3 rings (SSSR count). The molecule has 0 fully saturated rings. The minimum Gasteiger partial charge on any atom is -0.493 e. The summed E-state index contributed by atoms with van der Waals surface area (Å²) in [6.07, 6.45) is 0. The number of ether oxygens (including phenoxy) is 3. The topological polar surface area (TPSA) is 81.7 Å². The zero-order chi connectivity index (χ0) is 18.7. The molecule has 2 N–H and O–H groups in total. The maximum Gasteiger partial charge on any atom is 0.269 e. The standard InChI is InChI=1S/C17H16FN3O4S/c1-23-11-7-9(8-12(24-2)15(11)25-3)16(22)20-21-17-19-14-10(18)5-4-6-13(14)26-17/h4-8H,1-3H3,(H,19,21)(H,20,22). The molecule has 2 aromatic carbocycles. The molecular formula is C17H16FN3O4S. The van der Waals surface area contributed by atoms with Gasteiger partial charge in [-0.25, -0.2) is 9.37 Å². The number of nitrogens with zero attached hydrogens (tertiary/aromatic N) is 1. The number of para-hydroxylation sites is 1. The lowest BCUT2D eigenvalue weighted by Crippen LogP contribution is -2.29. The molecule has 26 heavy (non-hydrogen) atoms. The molecule has 0 saturated carbocycles. The predicted molar refractivity (Wildman–Crippen MR) is 96.8 cm³/mol. The monoisotopic (exact) mass is 377 g/mol. The number of hydrogen-bond donors (Lipinski definition) is 2. The predicted octanol–water partition coefficient (Wildman–Crippen LogP) is 3.22. The first-order valence-corrected chi connectivity index (χ1v) is 8.30. The van der Waals surface area contributed by atoms with E-state index < -0.39 is 11.7 Å². The Balaban J connectivity index is 1.80. The Morgan fingerprint density at radius 2 is 1.81 bits per heavy atom. The minimum absolute atomic E-state index is 0.252. The molecule has 0 aliphatic heterocycles. The molecule has 136 valence electrons. The van der Waals surface area contributed by atoms with Crippen molar-refractivity contribution in [3.05, 3.63) is 41.7 Å². The van der Waals surface area contributed by atoms with Crippen molar-refractivity contribution in [2.45, 2.75) is 0 Å². The van der Waals surface area contributed by atoms with E-state index in [9.17, 15) is 9.18 Å². The number of fused-ring (bicyclic) bond motifs is 1. The van der Waals surface area contributed by atoms with Crippen LogP contribution in [-0.2, 0) is 0 Å². The quantitative estimate of drug-likeness (QED) is 0.642. The van der Waals surface area contributed by atoms with Gasteiger partial charge in [0.25, 0.3) is 5.91 Å². The molecule has 1 heterocycles. The number of hydrazine groups is 1. The maximum absolute atomic E-state index is 13.7. The van der Waals surface area contributed by atoms with Crippen LogP contribution in [0.5, 0.6) is 17.2 Å². The van der Waals surface area contributed by atoms with E-state index in [2.05, 4.69) is 15.8 Å². The van der Waals surface area contributed by atoms with Gasteiger partial charge >= 0.3 is 0 Å². The first-order valence-electron chi connectivity index (χ1n) is 7.48. The van der Waals surface area contributed by atoms with Gasteiger partial charge in [-0.15, -0.1) is 0 Å². The van der Waals surface area contributed by atoms with Crippen LogP contribution < -0.4 is 25.1 Å². The summed E-state index contributed by atoms with van der Waals surface area (Å²) in [7, 11) is 4.41. The lowest BCUT2D eigenvalue weighted by Gasteiger charge is -2.14. The van der Waals surface area contributed by atoms with E-state index in [1.165, 1.54) is 50.9 Å². The summed E-state index contributed by atoms with van der Waals surface area (Å²) in [6.45, 7) is 0. The fraction of sp³-hybridized carbons (Fsp3) is 0.176. The van der Waals surface area contributed by atoms with Crippen LogP contribution in [0.2, 0.25) is 0 Å². The van der Waals surface area contributed by atoms with Crippen LogP contribution >= 0.6 is 11.3 Å². The van der Waals surface area contributed by atoms with Crippen molar-refractivity contribution in [2.75, 3.05) is 26.8 Å². The van der Waals surface area contributed by atoms with Crippen LogP contribution in [0.1, 0.15) is 10.4 Å².